The molecule has 0 radical (unpaired) electrons. The number of hydrogen-bond donors (Lipinski definition) is 1. The topological polar surface area (TPSA) is 38.3 Å². The summed E-state index contributed by atoms with van der Waals surface area (Å²) in [6, 6.07) is 0.350. The number of ether oxygens (including phenoxy) is 1. The third-order valence-electron chi connectivity index (χ3n) is 4.81. The van der Waals surface area contributed by atoms with Crippen molar-refractivity contribution < 1.29 is 9.53 Å². The molecular formula is C11H15NO2. The van der Waals surface area contributed by atoms with Crippen LogP contribution in [0.5, 0.6) is 0 Å². The minimum absolute atomic E-state index is 0.0775. The highest BCUT2D eigenvalue weighted by atomic mass is 16.6. The third-order valence-corrected chi connectivity index (χ3v) is 4.81. The molecule has 3 heteroatoms. The van der Waals surface area contributed by atoms with E-state index in [2.05, 4.69) is 5.32 Å². The first-order chi connectivity index (χ1) is 6.75. The zero-order chi connectivity index (χ0) is 9.34. The predicted octanol–water partition coefficient (Wildman–Crippen LogP) is 1.67. The van der Waals surface area contributed by atoms with Gasteiger partial charge in [-0.05, 0) is 49.9 Å². The van der Waals surface area contributed by atoms with Crippen LogP contribution in [-0.2, 0) is 4.74 Å². The highest BCUT2D eigenvalue weighted by Crippen LogP contribution is 2.58. The van der Waals surface area contributed by atoms with Crippen LogP contribution < -0.4 is 5.32 Å². The number of alkyl carbamates (subject to hydrolysis) is 1. The molecule has 1 saturated heterocycles. The summed E-state index contributed by atoms with van der Waals surface area (Å²) >= 11 is 0. The van der Waals surface area contributed by atoms with Crippen molar-refractivity contribution in [1.29, 1.82) is 0 Å². The number of hydrogen-bond acceptors (Lipinski definition) is 2. The highest BCUT2D eigenvalue weighted by molar-refractivity contribution is 5.71. The Labute approximate surface area is 83.2 Å². The van der Waals surface area contributed by atoms with Crippen LogP contribution in [0.3, 0.4) is 0 Å². The van der Waals surface area contributed by atoms with Gasteiger partial charge in [-0.2, -0.15) is 0 Å². The molecule has 1 amide bonds. The van der Waals surface area contributed by atoms with Crippen molar-refractivity contribution in [3.8, 4) is 0 Å². The standard InChI is InChI=1S/C11H15NO2/c13-10-12-9-8-2-6-1-7(3-8)5-11(9,4-6)14-10/h6-9H,1-5H2,(H,12,13). The summed E-state index contributed by atoms with van der Waals surface area (Å²) in [4.78, 5) is 11.3. The zero-order valence-electron chi connectivity index (χ0n) is 8.16. The molecule has 4 bridgehead atoms. The summed E-state index contributed by atoms with van der Waals surface area (Å²) in [6.07, 6.45) is 6.14. The van der Waals surface area contributed by atoms with Crippen molar-refractivity contribution in [3.63, 3.8) is 0 Å². The molecule has 1 spiro atoms. The van der Waals surface area contributed by atoms with E-state index in [0.29, 0.717) is 12.0 Å². The normalized spacial score (nSPS) is 58.1. The molecule has 1 aliphatic heterocycles. The van der Waals surface area contributed by atoms with Gasteiger partial charge in [0.1, 0.15) is 5.60 Å². The maximum atomic E-state index is 11.3. The van der Waals surface area contributed by atoms with Gasteiger partial charge in [-0.25, -0.2) is 4.79 Å². The fourth-order valence-electron chi connectivity index (χ4n) is 4.70. The molecule has 3 atom stereocenters. The van der Waals surface area contributed by atoms with Crippen molar-refractivity contribution in [2.75, 3.05) is 0 Å². The number of amides is 1. The molecule has 14 heavy (non-hydrogen) atoms. The molecule has 1 heterocycles. The van der Waals surface area contributed by atoms with Gasteiger partial charge < -0.3 is 10.1 Å². The largest absolute Gasteiger partial charge is 0.441 e. The molecule has 3 nitrogen and oxygen atoms in total. The van der Waals surface area contributed by atoms with E-state index in [9.17, 15) is 4.79 Å². The fraction of sp³-hybridized carbons (Fsp3) is 0.909. The number of carbonyl (C=O) groups is 1. The minimum atomic E-state index is -0.164. The molecular weight excluding hydrogens is 178 g/mol. The Balaban J connectivity index is 1.80. The lowest BCUT2D eigenvalue weighted by Gasteiger charge is -2.56. The van der Waals surface area contributed by atoms with Crippen LogP contribution in [0.2, 0.25) is 0 Å². The van der Waals surface area contributed by atoms with E-state index in [0.717, 1.165) is 24.7 Å². The van der Waals surface area contributed by atoms with Gasteiger partial charge in [0.15, 0.2) is 0 Å². The summed E-state index contributed by atoms with van der Waals surface area (Å²) in [5.74, 6) is 2.40. The first-order valence-corrected chi connectivity index (χ1v) is 5.75. The van der Waals surface area contributed by atoms with Crippen LogP contribution in [0, 0.1) is 17.8 Å². The Kier molecular flexibility index (Phi) is 1.13. The monoisotopic (exact) mass is 193 g/mol. The molecule has 3 unspecified atom stereocenters. The Hall–Kier alpha value is -0.730. The first-order valence-electron chi connectivity index (χ1n) is 5.75. The maximum Gasteiger partial charge on any atom is 0.408 e. The predicted molar refractivity (Wildman–Crippen MR) is 49.7 cm³/mol. The zero-order valence-corrected chi connectivity index (χ0v) is 8.16. The second kappa shape index (κ2) is 2.10. The van der Waals surface area contributed by atoms with Crippen molar-refractivity contribution in [2.45, 2.75) is 43.7 Å². The van der Waals surface area contributed by atoms with E-state index in [1.807, 2.05) is 0 Å². The quantitative estimate of drug-likeness (QED) is 0.635. The van der Waals surface area contributed by atoms with Gasteiger partial charge in [0.2, 0.25) is 0 Å². The lowest BCUT2D eigenvalue weighted by atomic mass is 9.52. The molecule has 5 aliphatic rings. The lowest BCUT2D eigenvalue weighted by molar-refractivity contribution is -0.115. The van der Waals surface area contributed by atoms with Crippen molar-refractivity contribution in [1.82, 2.24) is 5.32 Å². The third kappa shape index (κ3) is 0.733. The fourth-order valence-corrected chi connectivity index (χ4v) is 4.70. The van der Waals surface area contributed by atoms with Crippen molar-refractivity contribution >= 4 is 6.09 Å². The highest BCUT2D eigenvalue weighted by Gasteiger charge is 2.62. The molecule has 0 aromatic carbocycles. The van der Waals surface area contributed by atoms with Gasteiger partial charge in [-0.3, -0.25) is 0 Å². The van der Waals surface area contributed by atoms with Crippen molar-refractivity contribution in [3.05, 3.63) is 0 Å². The van der Waals surface area contributed by atoms with Crippen LogP contribution in [0.25, 0.3) is 0 Å². The summed E-state index contributed by atoms with van der Waals surface area (Å²) < 4.78 is 5.57. The number of nitrogens with one attached hydrogen (secondary N) is 1. The maximum absolute atomic E-state index is 11.3. The molecule has 5 fully saturated rings. The van der Waals surface area contributed by atoms with E-state index in [4.69, 9.17) is 4.74 Å². The van der Waals surface area contributed by atoms with Gasteiger partial charge in [-0.15, -0.1) is 0 Å². The van der Waals surface area contributed by atoms with E-state index >= 15 is 0 Å². The summed E-state index contributed by atoms with van der Waals surface area (Å²) in [5.41, 5.74) is -0.0775. The van der Waals surface area contributed by atoms with Gasteiger partial charge in [0.25, 0.3) is 0 Å². The Morgan fingerprint density at radius 1 is 1.21 bits per heavy atom. The SMILES string of the molecule is O=C1NC2C3CC4CC(C3)CC2(C4)O1. The molecule has 1 N–H and O–H groups in total. The first kappa shape index (κ1) is 7.55. The van der Waals surface area contributed by atoms with Crippen LogP contribution >= 0.6 is 0 Å². The van der Waals surface area contributed by atoms with E-state index in [1.165, 1.54) is 19.3 Å². The van der Waals surface area contributed by atoms with Crippen LogP contribution in [0.15, 0.2) is 0 Å². The number of carbonyl (C=O) groups excluding carboxylic acids is 1. The second-order valence-corrected chi connectivity index (χ2v) is 5.68. The smallest absolute Gasteiger partial charge is 0.408 e. The van der Waals surface area contributed by atoms with Gasteiger partial charge in [0.05, 0.1) is 6.04 Å². The molecule has 0 aromatic rings. The average molecular weight is 193 g/mol. The van der Waals surface area contributed by atoms with E-state index < -0.39 is 0 Å². The summed E-state index contributed by atoms with van der Waals surface area (Å²) in [5, 5.41) is 3.03. The molecule has 0 aromatic heterocycles. The molecule has 4 aliphatic carbocycles. The molecule has 4 saturated carbocycles. The Morgan fingerprint density at radius 3 is 2.64 bits per heavy atom. The van der Waals surface area contributed by atoms with Crippen LogP contribution in [0.4, 0.5) is 4.79 Å². The Morgan fingerprint density at radius 2 is 1.93 bits per heavy atom. The molecule has 5 rings (SSSR count). The Bertz CT molecular complexity index is 300. The van der Waals surface area contributed by atoms with Crippen molar-refractivity contribution in [2.24, 2.45) is 17.8 Å². The molecule has 76 valence electrons. The van der Waals surface area contributed by atoms with Gasteiger partial charge in [-0.1, -0.05) is 0 Å². The second-order valence-electron chi connectivity index (χ2n) is 5.68. The van der Waals surface area contributed by atoms with Gasteiger partial charge >= 0.3 is 6.09 Å². The minimum Gasteiger partial charge on any atom is -0.441 e. The van der Waals surface area contributed by atoms with E-state index in [1.54, 1.807) is 0 Å². The summed E-state index contributed by atoms with van der Waals surface area (Å²) in [6.45, 7) is 0. The number of rotatable bonds is 0. The van der Waals surface area contributed by atoms with Crippen LogP contribution in [0.1, 0.15) is 32.1 Å². The average Bonchev–Trinajstić information content (AvgIpc) is 2.40. The van der Waals surface area contributed by atoms with Crippen LogP contribution in [-0.4, -0.2) is 17.7 Å². The van der Waals surface area contributed by atoms with Gasteiger partial charge in [0, 0.05) is 0 Å². The van der Waals surface area contributed by atoms with E-state index in [-0.39, 0.29) is 11.7 Å². The summed E-state index contributed by atoms with van der Waals surface area (Å²) in [7, 11) is 0. The lowest BCUT2D eigenvalue weighted by Crippen LogP contribution is -2.61.